The molecule has 1 aliphatic carbocycles. The summed E-state index contributed by atoms with van der Waals surface area (Å²) in [5, 5.41) is 3.49. The molecule has 1 aromatic rings. The highest BCUT2D eigenvalue weighted by atomic mass is 32.2. The third kappa shape index (κ3) is 3.77. The minimum absolute atomic E-state index is 0.292. The maximum Gasteiger partial charge on any atom is 0.413 e. The van der Waals surface area contributed by atoms with E-state index in [1.165, 1.54) is 23.9 Å². The highest BCUT2D eigenvalue weighted by molar-refractivity contribution is 8.14. The van der Waals surface area contributed by atoms with Gasteiger partial charge in [0.2, 0.25) is 0 Å². The summed E-state index contributed by atoms with van der Waals surface area (Å²) in [6, 6.07) is 4.21. The van der Waals surface area contributed by atoms with Crippen LogP contribution in [0.15, 0.2) is 23.2 Å². The van der Waals surface area contributed by atoms with Crippen LogP contribution >= 0.6 is 11.8 Å². The number of carbonyl (C=O) groups excluding carboxylic acids is 1. The van der Waals surface area contributed by atoms with Gasteiger partial charge in [0.25, 0.3) is 0 Å². The number of amidine groups is 1. The van der Waals surface area contributed by atoms with Gasteiger partial charge in [0.05, 0.1) is 6.04 Å². The quantitative estimate of drug-likeness (QED) is 0.769. The lowest BCUT2D eigenvalue weighted by Gasteiger charge is -2.23. The molecule has 0 aromatic heterocycles. The number of hydrogen-bond donors (Lipinski definition) is 2. The number of amides is 1. The van der Waals surface area contributed by atoms with Crippen LogP contribution in [0.3, 0.4) is 0 Å². The van der Waals surface area contributed by atoms with Gasteiger partial charge in [-0.1, -0.05) is 11.8 Å². The Morgan fingerprint density at radius 1 is 1.48 bits per heavy atom. The summed E-state index contributed by atoms with van der Waals surface area (Å²) < 4.78 is 19.3. The van der Waals surface area contributed by atoms with Gasteiger partial charge in [0.15, 0.2) is 5.17 Å². The van der Waals surface area contributed by atoms with Crippen LogP contribution in [-0.2, 0) is 4.74 Å². The Kier molecular flexibility index (Phi) is 4.00. The number of thioether (sulfide) groups is 1. The van der Waals surface area contributed by atoms with Gasteiger partial charge in [-0.15, -0.1) is 0 Å². The summed E-state index contributed by atoms with van der Waals surface area (Å²) in [4.78, 5) is 16.4. The molecule has 0 saturated heterocycles. The minimum Gasteiger partial charge on any atom is -0.444 e. The highest BCUT2D eigenvalue weighted by Gasteiger charge is 2.49. The summed E-state index contributed by atoms with van der Waals surface area (Å²) in [5.74, 6) is -0.0254. The number of nitrogens with one attached hydrogen (secondary N) is 1. The van der Waals surface area contributed by atoms with Crippen LogP contribution in [0.5, 0.6) is 0 Å². The van der Waals surface area contributed by atoms with Gasteiger partial charge in [0.1, 0.15) is 11.4 Å². The number of halogens is 1. The van der Waals surface area contributed by atoms with E-state index in [0.717, 1.165) is 6.42 Å². The fraction of sp³-hybridized carbons (Fsp3) is 0.500. The van der Waals surface area contributed by atoms with Crippen LogP contribution in [-0.4, -0.2) is 22.1 Å². The predicted molar refractivity (Wildman–Crippen MR) is 89.8 cm³/mol. The van der Waals surface area contributed by atoms with Gasteiger partial charge in [0, 0.05) is 16.5 Å². The fourth-order valence-corrected chi connectivity index (χ4v) is 3.84. The van der Waals surface area contributed by atoms with Crippen LogP contribution in [0, 0.1) is 11.7 Å². The van der Waals surface area contributed by atoms with E-state index in [1.807, 2.05) is 0 Å². The molecule has 1 aromatic carbocycles. The van der Waals surface area contributed by atoms with E-state index in [-0.39, 0.29) is 11.9 Å². The molecule has 1 amide bonds. The average Bonchev–Trinajstić information content (AvgIpc) is 3.17. The molecule has 1 saturated carbocycles. The van der Waals surface area contributed by atoms with Crippen LogP contribution in [0.2, 0.25) is 0 Å². The van der Waals surface area contributed by atoms with Crippen molar-refractivity contribution in [2.45, 2.75) is 44.1 Å². The average molecular weight is 337 g/mol. The van der Waals surface area contributed by atoms with E-state index in [4.69, 9.17) is 10.5 Å². The number of fused-ring (bicyclic) bond motifs is 1. The first-order valence-corrected chi connectivity index (χ1v) is 8.40. The summed E-state index contributed by atoms with van der Waals surface area (Å²) >= 11 is 1.51. The van der Waals surface area contributed by atoms with E-state index < -0.39 is 11.7 Å². The third-order valence-corrected chi connectivity index (χ3v) is 4.93. The first kappa shape index (κ1) is 16.1. The highest BCUT2D eigenvalue weighted by Crippen LogP contribution is 2.54. The molecule has 2 aliphatic rings. The zero-order valence-electron chi connectivity index (χ0n) is 13.3. The Bertz CT molecular complexity index is 672. The van der Waals surface area contributed by atoms with Crippen molar-refractivity contribution in [3.63, 3.8) is 0 Å². The van der Waals surface area contributed by atoms with Crippen molar-refractivity contribution < 1.29 is 13.9 Å². The molecule has 1 heterocycles. The molecule has 0 spiro atoms. The second-order valence-electron chi connectivity index (χ2n) is 6.84. The van der Waals surface area contributed by atoms with Gasteiger partial charge in [-0.2, -0.15) is 0 Å². The standard InChI is InChI=1S/C16H20FN3O2S/c1-16(2,3)22-15(21)20-14-19-13(10-7-12(10)23-14)9-6-8(18)4-5-11(9)17/h4-6,10,12-13H,7,18H2,1-3H3,(H,19,20,21). The van der Waals surface area contributed by atoms with Crippen molar-refractivity contribution in [1.29, 1.82) is 0 Å². The topological polar surface area (TPSA) is 76.7 Å². The number of hydrogen-bond acceptors (Lipinski definition) is 5. The van der Waals surface area contributed by atoms with Crippen molar-refractivity contribution in [2.24, 2.45) is 10.9 Å². The lowest BCUT2D eigenvalue weighted by Crippen LogP contribution is -2.36. The fourth-order valence-electron chi connectivity index (χ4n) is 2.59. The summed E-state index contributed by atoms with van der Waals surface area (Å²) in [5.41, 5.74) is 6.19. The molecule has 23 heavy (non-hydrogen) atoms. The monoisotopic (exact) mass is 337 g/mol. The number of nitrogens with two attached hydrogens (primary N) is 1. The summed E-state index contributed by atoms with van der Waals surface area (Å²) in [6.07, 6.45) is 0.404. The van der Waals surface area contributed by atoms with Crippen molar-refractivity contribution >= 4 is 28.7 Å². The number of carbonyl (C=O) groups is 1. The zero-order chi connectivity index (χ0) is 16.8. The Labute approximate surface area is 138 Å². The van der Waals surface area contributed by atoms with Gasteiger partial charge in [-0.25, -0.2) is 9.18 Å². The predicted octanol–water partition coefficient (Wildman–Crippen LogP) is 3.47. The first-order chi connectivity index (χ1) is 10.7. The molecule has 0 bridgehead atoms. The molecule has 1 aliphatic heterocycles. The van der Waals surface area contributed by atoms with E-state index in [0.29, 0.717) is 27.6 Å². The maximum absolute atomic E-state index is 14.1. The second-order valence-corrected chi connectivity index (χ2v) is 8.07. The summed E-state index contributed by atoms with van der Waals surface area (Å²) in [6.45, 7) is 5.39. The Morgan fingerprint density at radius 3 is 2.91 bits per heavy atom. The van der Waals surface area contributed by atoms with Gasteiger partial charge < -0.3 is 10.5 Å². The molecule has 1 fully saturated rings. The van der Waals surface area contributed by atoms with Gasteiger partial charge in [-0.3, -0.25) is 10.3 Å². The molecule has 3 N–H and O–H groups in total. The van der Waals surface area contributed by atoms with Crippen LogP contribution < -0.4 is 11.1 Å². The number of aliphatic imine (C=N–C) groups is 1. The lowest BCUT2D eigenvalue weighted by molar-refractivity contribution is 0.0564. The number of anilines is 1. The minimum atomic E-state index is -0.578. The molecule has 3 atom stereocenters. The van der Waals surface area contributed by atoms with Crippen molar-refractivity contribution in [1.82, 2.24) is 5.32 Å². The molecule has 5 nitrogen and oxygen atoms in total. The molecule has 3 rings (SSSR count). The Balaban J connectivity index is 1.79. The number of alkyl carbamates (subject to hydrolysis) is 1. The molecule has 124 valence electrons. The second kappa shape index (κ2) is 5.70. The SMILES string of the molecule is CC(C)(C)OC(=O)NC1=NC(c2cc(N)ccc2F)C2CC2S1. The van der Waals surface area contributed by atoms with E-state index in [9.17, 15) is 9.18 Å². The largest absolute Gasteiger partial charge is 0.444 e. The van der Waals surface area contributed by atoms with Gasteiger partial charge >= 0.3 is 6.09 Å². The van der Waals surface area contributed by atoms with Crippen molar-refractivity contribution in [3.8, 4) is 0 Å². The lowest BCUT2D eigenvalue weighted by atomic mass is 10.0. The van der Waals surface area contributed by atoms with Crippen LogP contribution in [0.25, 0.3) is 0 Å². The summed E-state index contributed by atoms with van der Waals surface area (Å²) in [7, 11) is 0. The maximum atomic E-state index is 14.1. The number of nitrogen functional groups attached to an aromatic ring is 1. The van der Waals surface area contributed by atoms with Crippen molar-refractivity contribution in [2.75, 3.05) is 5.73 Å². The number of ether oxygens (including phenoxy) is 1. The van der Waals surface area contributed by atoms with Crippen molar-refractivity contribution in [3.05, 3.63) is 29.6 Å². The molecule has 3 unspecified atom stereocenters. The van der Waals surface area contributed by atoms with E-state index in [1.54, 1.807) is 26.8 Å². The smallest absolute Gasteiger partial charge is 0.413 e. The van der Waals surface area contributed by atoms with E-state index >= 15 is 0 Å². The van der Waals surface area contributed by atoms with Gasteiger partial charge in [-0.05, 0) is 51.3 Å². The molecular formula is C16H20FN3O2S. The Hall–Kier alpha value is -1.76. The molecule has 0 radical (unpaired) electrons. The van der Waals surface area contributed by atoms with E-state index in [2.05, 4.69) is 10.3 Å². The Morgan fingerprint density at radius 2 is 2.22 bits per heavy atom. The number of rotatable bonds is 1. The third-order valence-electron chi connectivity index (χ3n) is 3.65. The normalized spacial score (nSPS) is 26.1. The zero-order valence-corrected chi connectivity index (χ0v) is 14.1. The number of nitrogens with zero attached hydrogens (tertiary/aromatic N) is 1. The molecular weight excluding hydrogens is 317 g/mol. The first-order valence-electron chi connectivity index (χ1n) is 7.52. The van der Waals surface area contributed by atoms with Crippen LogP contribution in [0.4, 0.5) is 14.9 Å². The molecule has 7 heteroatoms. The van der Waals surface area contributed by atoms with Crippen LogP contribution in [0.1, 0.15) is 38.8 Å². The number of benzene rings is 1.